The van der Waals surface area contributed by atoms with Gasteiger partial charge < -0.3 is 9.84 Å². The van der Waals surface area contributed by atoms with Gasteiger partial charge in [-0.05, 0) is 43.3 Å². The summed E-state index contributed by atoms with van der Waals surface area (Å²) in [4.78, 5) is 16.3. The van der Waals surface area contributed by atoms with E-state index >= 15 is 0 Å². The summed E-state index contributed by atoms with van der Waals surface area (Å²) < 4.78 is 5.04. The Bertz CT molecular complexity index is 1120. The molecule has 0 saturated carbocycles. The summed E-state index contributed by atoms with van der Waals surface area (Å²) >= 11 is 12.8. The number of aromatic hydroxyl groups is 1. The fourth-order valence-corrected chi connectivity index (χ4v) is 3.30. The minimum absolute atomic E-state index is 0.102. The van der Waals surface area contributed by atoms with Crippen LogP contribution in [0.25, 0.3) is 0 Å². The molecular formula is C19H15Cl2N5O3S. The van der Waals surface area contributed by atoms with Crippen molar-refractivity contribution in [1.82, 2.24) is 4.98 Å². The number of halogens is 2. The molecule has 2 N–H and O–H groups in total. The van der Waals surface area contributed by atoms with E-state index in [0.29, 0.717) is 21.4 Å². The Balaban J connectivity index is 1.89. The van der Waals surface area contributed by atoms with Gasteiger partial charge in [0.2, 0.25) is 10.7 Å². The Morgan fingerprint density at radius 3 is 2.60 bits per heavy atom. The molecule has 0 aliphatic rings. The van der Waals surface area contributed by atoms with Crippen LogP contribution in [0.4, 0.5) is 16.4 Å². The van der Waals surface area contributed by atoms with E-state index < -0.39 is 5.97 Å². The van der Waals surface area contributed by atoms with Gasteiger partial charge in [0.25, 0.3) is 5.88 Å². The molecule has 3 aromatic rings. The summed E-state index contributed by atoms with van der Waals surface area (Å²) in [6, 6.07) is 13.5. The molecule has 2 aromatic carbocycles. The van der Waals surface area contributed by atoms with Crippen LogP contribution in [0.1, 0.15) is 11.9 Å². The Labute approximate surface area is 185 Å². The molecule has 30 heavy (non-hydrogen) atoms. The monoisotopic (exact) mass is 463 g/mol. The fourth-order valence-electron chi connectivity index (χ4n) is 2.17. The van der Waals surface area contributed by atoms with Crippen molar-refractivity contribution in [1.29, 1.82) is 0 Å². The molecule has 0 atom stereocenters. The van der Waals surface area contributed by atoms with E-state index in [1.807, 2.05) is 0 Å². The maximum absolute atomic E-state index is 12.4. The zero-order valence-corrected chi connectivity index (χ0v) is 17.9. The smallest absolute Gasteiger partial charge is 0.361 e. The number of hydrogen-bond donors (Lipinski definition) is 2. The third-order valence-electron chi connectivity index (χ3n) is 3.45. The van der Waals surface area contributed by atoms with Gasteiger partial charge >= 0.3 is 5.97 Å². The highest BCUT2D eigenvalue weighted by molar-refractivity contribution is 7.18. The molecule has 0 spiro atoms. The normalized spacial score (nSPS) is 11.6. The fraction of sp³-hybridized carbons (Fsp3) is 0.105. The quantitative estimate of drug-likeness (QED) is 0.194. The van der Waals surface area contributed by atoms with E-state index in [9.17, 15) is 9.90 Å². The van der Waals surface area contributed by atoms with Crippen molar-refractivity contribution < 1.29 is 14.6 Å². The molecule has 3 rings (SSSR count). The molecule has 0 fully saturated rings. The van der Waals surface area contributed by atoms with Gasteiger partial charge in [-0.1, -0.05) is 46.7 Å². The van der Waals surface area contributed by atoms with Crippen LogP contribution < -0.4 is 5.43 Å². The number of nitrogens with zero attached hydrogens (tertiary/aromatic N) is 4. The number of hydrazone groups is 1. The van der Waals surface area contributed by atoms with E-state index in [4.69, 9.17) is 27.9 Å². The molecule has 0 bridgehead atoms. The molecule has 1 aromatic heterocycles. The van der Waals surface area contributed by atoms with Crippen LogP contribution in [0.15, 0.2) is 63.9 Å². The topological polar surface area (TPSA) is 109 Å². The predicted molar refractivity (Wildman–Crippen MR) is 118 cm³/mol. The first kappa shape index (κ1) is 21.7. The zero-order chi connectivity index (χ0) is 21.5. The number of hydrogen-bond acceptors (Lipinski definition) is 9. The van der Waals surface area contributed by atoms with Gasteiger partial charge in [-0.3, -0.25) is 5.43 Å². The highest BCUT2D eigenvalue weighted by atomic mass is 35.5. The first-order valence-electron chi connectivity index (χ1n) is 8.60. The summed E-state index contributed by atoms with van der Waals surface area (Å²) in [5, 5.41) is 23.4. The molecule has 1 heterocycles. The van der Waals surface area contributed by atoms with E-state index in [-0.39, 0.29) is 28.2 Å². The maximum atomic E-state index is 12.4. The van der Waals surface area contributed by atoms with Gasteiger partial charge in [0.15, 0.2) is 5.01 Å². The van der Waals surface area contributed by atoms with E-state index in [2.05, 4.69) is 25.7 Å². The number of aromatic nitrogens is 1. The third-order valence-corrected chi connectivity index (χ3v) is 4.86. The van der Waals surface area contributed by atoms with Crippen LogP contribution in [0.5, 0.6) is 5.88 Å². The minimum Gasteiger partial charge on any atom is -0.491 e. The Kier molecular flexibility index (Phi) is 7.34. The minimum atomic E-state index is -0.709. The molecule has 154 valence electrons. The molecule has 0 aliphatic carbocycles. The van der Waals surface area contributed by atoms with Crippen molar-refractivity contribution in [2.24, 2.45) is 15.3 Å². The van der Waals surface area contributed by atoms with Gasteiger partial charge in [0.1, 0.15) is 0 Å². The van der Waals surface area contributed by atoms with Crippen LogP contribution in [0, 0.1) is 0 Å². The summed E-state index contributed by atoms with van der Waals surface area (Å²) in [6.07, 6.45) is 0. The van der Waals surface area contributed by atoms with Gasteiger partial charge in [0.05, 0.1) is 18.0 Å². The predicted octanol–water partition coefficient (Wildman–Crippen LogP) is 5.95. The van der Waals surface area contributed by atoms with Crippen molar-refractivity contribution in [3.63, 3.8) is 0 Å². The average molecular weight is 464 g/mol. The second-order valence-corrected chi connectivity index (χ2v) is 7.48. The number of azo groups is 1. The largest absolute Gasteiger partial charge is 0.491 e. The Morgan fingerprint density at radius 2 is 1.90 bits per heavy atom. The van der Waals surface area contributed by atoms with Crippen LogP contribution in [-0.2, 0) is 9.53 Å². The molecule has 0 radical (unpaired) electrons. The SMILES string of the molecule is CCOC(=O)C(=NNc1cccc(Cl)c1)c1nc(O)c(N=Nc2cccc(Cl)c2)s1. The third kappa shape index (κ3) is 5.76. The maximum Gasteiger partial charge on any atom is 0.361 e. The number of anilines is 1. The summed E-state index contributed by atoms with van der Waals surface area (Å²) in [6.45, 7) is 1.82. The van der Waals surface area contributed by atoms with Gasteiger partial charge in [-0.15, -0.1) is 10.2 Å². The second kappa shape index (κ2) is 10.1. The number of rotatable bonds is 7. The van der Waals surface area contributed by atoms with E-state index in [0.717, 1.165) is 11.3 Å². The van der Waals surface area contributed by atoms with Crippen LogP contribution in [0.3, 0.4) is 0 Å². The molecule has 0 aliphatic heterocycles. The number of carbonyl (C=O) groups is 1. The number of thiazole rings is 1. The lowest BCUT2D eigenvalue weighted by atomic mass is 10.3. The number of benzene rings is 2. The Hall–Kier alpha value is -3.01. The highest BCUT2D eigenvalue weighted by Crippen LogP contribution is 2.35. The lowest BCUT2D eigenvalue weighted by Crippen LogP contribution is -2.20. The molecule has 0 unspecified atom stereocenters. The van der Waals surface area contributed by atoms with Crippen molar-refractivity contribution in [3.05, 3.63) is 63.6 Å². The standard InChI is InChI=1S/C19H15Cl2N5O3S/c1-2-29-19(28)15(25-23-13-7-3-5-11(20)9-13)17-22-16(27)18(30-17)26-24-14-8-4-6-12(21)10-14/h3-10,23,27H,2H2,1H3. The van der Waals surface area contributed by atoms with E-state index in [1.54, 1.807) is 55.5 Å². The van der Waals surface area contributed by atoms with Crippen molar-refractivity contribution >= 4 is 62.6 Å². The van der Waals surface area contributed by atoms with Gasteiger partial charge in [0, 0.05) is 10.0 Å². The second-order valence-electron chi connectivity index (χ2n) is 5.63. The summed E-state index contributed by atoms with van der Waals surface area (Å²) in [7, 11) is 0. The highest BCUT2D eigenvalue weighted by Gasteiger charge is 2.22. The number of esters is 1. The van der Waals surface area contributed by atoms with Crippen LogP contribution >= 0.6 is 34.5 Å². The average Bonchev–Trinajstić information content (AvgIpc) is 3.07. The number of ether oxygens (including phenoxy) is 1. The molecule has 8 nitrogen and oxygen atoms in total. The van der Waals surface area contributed by atoms with Gasteiger partial charge in [-0.25, -0.2) is 4.79 Å². The number of carbonyl (C=O) groups excluding carboxylic acids is 1. The molecule has 0 amide bonds. The summed E-state index contributed by atoms with van der Waals surface area (Å²) in [5.41, 5.74) is 3.67. The zero-order valence-electron chi connectivity index (χ0n) is 15.5. The summed E-state index contributed by atoms with van der Waals surface area (Å²) in [5.74, 6) is -1.10. The first-order valence-corrected chi connectivity index (χ1v) is 10.2. The lowest BCUT2D eigenvalue weighted by molar-refractivity contribution is -0.134. The van der Waals surface area contributed by atoms with Crippen molar-refractivity contribution in [2.45, 2.75) is 6.92 Å². The molecule has 0 saturated heterocycles. The van der Waals surface area contributed by atoms with Crippen LogP contribution in [-0.4, -0.2) is 28.4 Å². The van der Waals surface area contributed by atoms with Crippen molar-refractivity contribution in [2.75, 3.05) is 12.0 Å². The lowest BCUT2D eigenvalue weighted by Gasteiger charge is -2.05. The number of nitrogens with one attached hydrogen (secondary N) is 1. The van der Waals surface area contributed by atoms with Crippen LogP contribution in [0.2, 0.25) is 10.0 Å². The Morgan fingerprint density at radius 1 is 1.17 bits per heavy atom. The first-order chi connectivity index (χ1) is 14.5. The molecular weight excluding hydrogens is 449 g/mol. The van der Waals surface area contributed by atoms with Crippen molar-refractivity contribution in [3.8, 4) is 5.88 Å². The van der Waals surface area contributed by atoms with Gasteiger partial charge in [-0.2, -0.15) is 10.1 Å². The molecule has 11 heteroatoms. The van der Waals surface area contributed by atoms with E-state index in [1.165, 1.54) is 0 Å².